The summed E-state index contributed by atoms with van der Waals surface area (Å²) in [7, 11) is -3.17. The van der Waals surface area contributed by atoms with Crippen LogP contribution in [0.4, 0.5) is 10.2 Å². The number of aromatic nitrogens is 2. The summed E-state index contributed by atoms with van der Waals surface area (Å²) in [4.78, 5) is 25.7. The molecule has 2 N–H and O–H groups in total. The van der Waals surface area contributed by atoms with Gasteiger partial charge in [-0.25, -0.2) is 27.5 Å². The van der Waals surface area contributed by atoms with Crippen LogP contribution in [0.2, 0.25) is 0 Å². The number of hydrogen-bond acceptors (Lipinski definition) is 8. The molecule has 12 heteroatoms. The molecule has 220 valence electrons. The molecule has 0 radical (unpaired) electrons. The Hall–Kier alpha value is -2.83. The van der Waals surface area contributed by atoms with Gasteiger partial charge in [0.15, 0.2) is 11.6 Å². The molecule has 1 aromatic carbocycles. The van der Waals surface area contributed by atoms with Gasteiger partial charge in [0.05, 0.1) is 18.0 Å². The van der Waals surface area contributed by atoms with Crippen molar-refractivity contribution < 1.29 is 22.3 Å². The second-order valence-electron chi connectivity index (χ2n) is 11.1. The van der Waals surface area contributed by atoms with Crippen LogP contribution in [0.1, 0.15) is 63.2 Å². The largest absolute Gasteiger partial charge is 0.451 e. The topological polar surface area (TPSA) is 117 Å². The molecule has 1 amide bonds. The molecule has 1 aliphatic carbocycles. The summed E-state index contributed by atoms with van der Waals surface area (Å²) in [6, 6.07) is 4.24. The fraction of sp³-hybridized carbons (Fsp3) is 0.607. The van der Waals surface area contributed by atoms with E-state index >= 15 is 0 Å². The summed E-state index contributed by atoms with van der Waals surface area (Å²) >= 11 is 0. The van der Waals surface area contributed by atoms with Gasteiger partial charge < -0.3 is 19.9 Å². The Morgan fingerprint density at radius 2 is 1.93 bits per heavy atom. The summed E-state index contributed by atoms with van der Waals surface area (Å²) < 4.78 is 46.1. The van der Waals surface area contributed by atoms with Crippen LogP contribution in [0.5, 0.6) is 11.5 Å². The molecule has 1 aromatic heterocycles. The molecule has 0 bridgehead atoms. The zero-order valence-corrected chi connectivity index (χ0v) is 24.6. The van der Waals surface area contributed by atoms with Crippen LogP contribution in [0.3, 0.4) is 0 Å². The Labute approximate surface area is 236 Å². The second-order valence-corrected chi connectivity index (χ2v) is 12.9. The van der Waals surface area contributed by atoms with Crippen molar-refractivity contribution in [3.8, 4) is 11.5 Å². The SMILES string of the molecule is CCN(C(=O)c1cc(F)ccc1Oc1cncnc1N1CC[C@H](NCC2CCC(NS(C)(=O)=O)CC2)C1)C(C)C. The molecule has 1 aliphatic heterocycles. The van der Waals surface area contributed by atoms with Gasteiger partial charge in [-0.05, 0) is 83.5 Å². The third-order valence-electron chi connectivity index (χ3n) is 7.69. The lowest BCUT2D eigenvalue weighted by Crippen LogP contribution is -2.40. The number of ether oxygens (including phenoxy) is 1. The van der Waals surface area contributed by atoms with Crippen LogP contribution >= 0.6 is 0 Å². The van der Waals surface area contributed by atoms with Crippen LogP contribution in [0.15, 0.2) is 30.7 Å². The zero-order chi connectivity index (χ0) is 28.9. The minimum atomic E-state index is -3.17. The van der Waals surface area contributed by atoms with E-state index in [0.29, 0.717) is 24.0 Å². The van der Waals surface area contributed by atoms with Crippen LogP contribution in [-0.2, 0) is 10.0 Å². The van der Waals surface area contributed by atoms with E-state index in [1.807, 2.05) is 20.8 Å². The highest BCUT2D eigenvalue weighted by atomic mass is 32.2. The van der Waals surface area contributed by atoms with Gasteiger partial charge in [0.25, 0.3) is 5.91 Å². The predicted molar refractivity (Wildman–Crippen MR) is 153 cm³/mol. The normalized spacial score (nSPS) is 21.6. The number of anilines is 1. The van der Waals surface area contributed by atoms with Gasteiger partial charge in [-0.3, -0.25) is 4.79 Å². The number of carbonyl (C=O) groups is 1. The first-order valence-corrected chi connectivity index (χ1v) is 16.0. The average Bonchev–Trinajstić information content (AvgIpc) is 3.38. The zero-order valence-electron chi connectivity index (χ0n) is 23.8. The first-order chi connectivity index (χ1) is 19.0. The lowest BCUT2D eigenvalue weighted by Gasteiger charge is -2.29. The summed E-state index contributed by atoms with van der Waals surface area (Å²) in [5.74, 6) is 1.02. The predicted octanol–water partition coefficient (Wildman–Crippen LogP) is 3.55. The molecule has 4 rings (SSSR count). The van der Waals surface area contributed by atoms with Gasteiger partial charge in [0.1, 0.15) is 17.9 Å². The van der Waals surface area contributed by atoms with Crippen LogP contribution in [-0.4, -0.2) is 79.8 Å². The number of benzene rings is 1. The molecule has 10 nitrogen and oxygen atoms in total. The molecular weight excluding hydrogens is 535 g/mol. The number of nitrogens with zero attached hydrogens (tertiary/aromatic N) is 4. The Morgan fingerprint density at radius 1 is 1.18 bits per heavy atom. The van der Waals surface area contributed by atoms with Crippen molar-refractivity contribution in [2.24, 2.45) is 5.92 Å². The van der Waals surface area contributed by atoms with Crippen molar-refractivity contribution in [3.63, 3.8) is 0 Å². The van der Waals surface area contributed by atoms with E-state index in [1.54, 1.807) is 11.1 Å². The Kier molecular flexibility index (Phi) is 9.96. The number of hydrogen-bond donors (Lipinski definition) is 2. The lowest BCUT2D eigenvalue weighted by molar-refractivity contribution is 0.0713. The van der Waals surface area contributed by atoms with Crippen molar-refractivity contribution in [2.75, 3.05) is 37.3 Å². The quantitative estimate of drug-likeness (QED) is 0.417. The molecule has 40 heavy (non-hydrogen) atoms. The summed E-state index contributed by atoms with van der Waals surface area (Å²) in [6.07, 6.45) is 8.90. The van der Waals surface area contributed by atoms with E-state index in [0.717, 1.165) is 51.7 Å². The fourth-order valence-corrected chi connectivity index (χ4v) is 6.48. The molecular formula is C28H41FN6O4S. The van der Waals surface area contributed by atoms with Gasteiger partial charge in [-0.15, -0.1) is 0 Å². The smallest absolute Gasteiger partial charge is 0.257 e. The number of carbonyl (C=O) groups excluding carboxylic acids is 1. The summed E-state index contributed by atoms with van der Waals surface area (Å²) in [5.41, 5.74) is 0.160. The van der Waals surface area contributed by atoms with Crippen LogP contribution < -0.4 is 19.7 Å². The fourth-order valence-electron chi connectivity index (χ4n) is 5.63. The first kappa shape index (κ1) is 30.1. The molecule has 2 heterocycles. The second kappa shape index (κ2) is 13.2. The molecule has 0 spiro atoms. The Bertz CT molecular complexity index is 1270. The van der Waals surface area contributed by atoms with Gasteiger partial charge in [0, 0.05) is 37.8 Å². The Balaban J connectivity index is 1.38. The van der Waals surface area contributed by atoms with E-state index in [4.69, 9.17) is 4.74 Å². The minimum absolute atomic E-state index is 0.0387. The number of rotatable bonds is 11. The number of halogens is 1. The number of sulfonamides is 1. The molecule has 1 saturated heterocycles. The minimum Gasteiger partial charge on any atom is -0.451 e. The standard InChI is InChI=1S/C28H41FN6O4S/c1-5-35(19(2)3)28(36)24-14-21(29)8-11-25(24)39-26-16-30-18-32-27(26)34-13-12-23(17-34)31-15-20-6-9-22(10-7-20)33-40(4,37)38/h8,11,14,16,18-20,22-23,31,33H,5-7,9-10,12-13,15,17H2,1-4H3/t20?,22?,23-/m0/s1. The van der Waals surface area contributed by atoms with Gasteiger partial charge >= 0.3 is 0 Å². The van der Waals surface area contributed by atoms with Crippen molar-refractivity contribution in [1.82, 2.24) is 24.9 Å². The van der Waals surface area contributed by atoms with Crippen molar-refractivity contribution in [2.45, 2.75) is 71.0 Å². The van der Waals surface area contributed by atoms with E-state index in [-0.39, 0.29) is 35.3 Å². The lowest BCUT2D eigenvalue weighted by atomic mass is 9.86. The van der Waals surface area contributed by atoms with E-state index in [2.05, 4.69) is 24.9 Å². The molecule has 1 saturated carbocycles. The maximum atomic E-state index is 14.2. The van der Waals surface area contributed by atoms with Crippen molar-refractivity contribution in [1.29, 1.82) is 0 Å². The molecule has 0 unspecified atom stereocenters. The molecule has 2 aliphatic rings. The van der Waals surface area contributed by atoms with Gasteiger partial charge in [0.2, 0.25) is 10.0 Å². The van der Waals surface area contributed by atoms with Crippen molar-refractivity contribution in [3.05, 3.63) is 42.1 Å². The van der Waals surface area contributed by atoms with Gasteiger partial charge in [-0.1, -0.05) is 0 Å². The molecule has 2 aromatic rings. The summed E-state index contributed by atoms with van der Waals surface area (Å²) in [6.45, 7) is 8.63. The maximum Gasteiger partial charge on any atom is 0.257 e. The third kappa shape index (κ3) is 7.88. The number of amides is 1. The van der Waals surface area contributed by atoms with Crippen molar-refractivity contribution >= 4 is 21.7 Å². The summed E-state index contributed by atoms with van der Waals surface area (Å²) in [5, 5.41) is 3.69. The monoisotopic (exact) mass is 576 g/mol. The average molecular weight is 577 g/mol. The Morgan fingerprint density at radius 3 is 2.60 bits per heavy atom. The van der Waals surface area contributed by atoms with Crippen LogP contribution in [0, 0.1) is 11.7 Å². The third-order valence-corrected chi connectivity index (χ3v) is 8.45. The van der Waals surface area contributed by atoms with E-state index < -0.39 is 15.8 Å². The highest BCUT2D eigenvalue weighted by molar-refractivity contribution is 7.88. The molecule has 1 atom stereocenters. The first-order valence-electron chi connectivity index (χ1n) is 14.1. The van der Waals surface area contributed by atoms with Crippen LogP contribution in [0.25, 0.3) is 0 Å². The highest BCUT2D eigenvalue weighted by Crippen LogP contribution is 2.34. The van der Waals surface area contributed by atoms with E-state index in [9.17, 15) is 17.6 Å². The maximum absolute atomic E-state index is 14.2. The van der Waals surface area contributed by atoms with E-state index in [1.165, 1.54) is 30.8 Å². The highest BCUT2D eigenvalue weighted by Gasteiger charge is 2.29. The molecule has 2 fully saturated rings. The number of nitrogens with one attached hydrogen (secondary N) is 2. The van der Waals surface area contributed by atoms with Gasteiger partial charge in [-0.2, -0.15) is 0 Å².